The standard InChI is InChI=1S/C16H18BrN3O2S/c17-12-6-8-13(9-7-12)18-14(21)10-23-16-20-19-15(22-16)11-4-2-1-3-5-11/h6-9,11H,1-5,10H2,(H,18,21). The summed E-state index contributed by atoms with van der Waals surface area (Å²) in [4.78, 5) is 11.9. The second-order valence-corrected chi connectivity index (χ2v) is 7.43. The van der Waals surface area contributed by atoms with Crippen molar-refractivity contribution in [1.29, 1.82) is 0 Å². The van der Waals surface area contributed by atoms with Crippen LogP contribution in [0.5, 0.6) is 0 Å². The number of hydrogen-bond donors (Lipinski definition) is 1. The van der Waals surface area contributed by atoms with E-state index in [1.54, 1.807) is 0 Å². The van der Waals surface area contributed by atoms with Gasteiger partial charge in [0.2, 0.25) is 11.8 Å². The minimum Gasteiger partial charge on any atom is -0.416 e. The molecule has 0 unspecified atom stereocenters. The summed E-state index contributed by atoms with van der Waals surface area (Å²) in [5.74, 6) is 1.28. The molecule has 0 radical (unpaired) electrons. The summed E-state index contributed by atoms with van der Waals surface area (Å²) in [7, 11) is 0. The lowest BCUT2D eigenvalue weighted by Crippen LogP contribution is -2.13. The average molecular weight is 396 g/mol. The molecule has 5 nitrogen and oxygen atoms in total. The number of nitrogens with one attached hydrogen (secondary N) is 1. The van der Waals surface area contributed by atoms with Crippen LogP contribution in [0.3, 0.4) is 0 Å². The van der Waals surface area contributed by atoms with E-state index in [0.29, 0.717) is 11.1 Å². The molecule has 1 N–H and O–H groups in total. The molecule has 1 amide bonds. The van der Waals surface area contributed by atoms with E-state index in [9.17, 15) is 4.79 Å². The van der Waals surface area contributed by atoms with Gasteiger partial charge >= 0.3 is 0 Å². The third-order valence-corrected chi connectivity index (χ3v) is 5.18. The SMILES string of the molecule is O=C(CSc1nnc(C2CCCCC2)o1)Nc1ccc(Br)cc1. The van der Waals surface area contributed by atoms with E-state index in [1.807, 2.05) is 24.3 Å². The molecule has 1 aliphatic rings. The van der Waals surface area contributed by atoms with Crippen LogP contribution >= 0.6 is 27.7 Å². The van der Waals surface area contributed by atoms with Crippen molar-refractivity contribution in [1.82, 2.24) is 10.2 Å². The van der Waals surface area contributed by atoms with Crippen LogP contribution in [-0.4, -0.2) is 21.9 Å². The zero-order valence-electron chi connectivity index (χ0n) is 12.6. The van der Waals surface area contributed by atoms with Crippen molar-refractivity contribution < 1.29 is 9.21 Å². The number of aromatic nitrogens is 2. The van der Waals surface area contributed by atoms with Gasteiger partial charge in [-0.25, -0.2) is 0 Å². The van der Waals surface area contributed by atoms with E-state index in [2.05, 4.69) is 31.4 Å². The van der Waals surface area contributed by atoms with Crippen molar-refractivity contribution in [2.75, 3.05) is 11.1 Å². The first-order valence-corrected chi connectivity index (χ1v) is 9.50. The Kier molecular flexibility index (Phi) is 5.72. The number of anilines is 1. The molecule has 1 aromatic carbocycles. The maximum absolute atomic E-state index is 11.9. The van der Waals surface area contributed by atoms with E-state index in [1.165, 1.54) is 31.0 Å². The van der Waals surface area contributed by atoms with Crippen LogP contribution < -0.4 is 5.32 Å². The first-order chi connectivity index (χ1) is 11.2. The average Bonchev–Trinajstić information content (AvgIpc) is 3.05. The van der Waals surface area contributed by atoms with Crippen molar-refractivity contribution in [3.8, 4) is 0 Å². The molecule has 1 aromatic heterocycles. The first kappa shape index (κ1) is 16.5. The lowest BCUT2D eigenvalue weighted by molar-refractivity contribution is -0.113. The maximum Gasteiger partial charge on any atom is 0.277 e. The predicted octanol–water partition coefficient (Wildman–Crippen LogP) is 4.61. The van der Waals surface area contributed by atoms with Crippen LogP contribution in [0.25, 0.3) is 0 Å². The first-order valence-electron chi connectivity index (χ1n) is 7.72. The Hall–Kier alpha value is -1.34. The Balaban J connectivity index is 1.49. The van der Waals surface area contributed by atoms with Crippen LogP contribution in [0.1, 0.15) is 43.9 Å². The van der Waals surface area contributed by atoms with Crippen LogP contribution in [0.15, 0.2) is 38.4 Å². The van der Waals surface area contributed by atoms with Crippen LogP contribution in [0.4, 0.5) is 5.69 Å². The van der Waals surface area contributed by atoms with Gasteiger partial charge in [-0.3, -0.25) is 4.79 Å². The lowest BCUT2D eigenvalue weighted by Gasteiger charge is -2.17. The lowest BCUT2D eigenvalue weighted by atomic mass is 9.89. The minimum absolute atomic E-state index is 0.0882. The van der Waals surface area contributed by atoms with E-state index >= 15 is 0 Å². The highest BCUT2D eigenvalue weighted by Crippen LogP contribution is 2.32. The number of hydrogen-bond acceptors (Lipinski definition) is 5. The molecule has 1 aliphatic carbocycles. The molecule has 0 atom stereocenters. The van der Waals surface area contributed by atoms with Gasteiger partial charge in [-0.1, -0.05) is 47.0 Å². The summed E-state index contributed by atoms with van der Waals surface area (Å²) >= 11 is 4.64. The highest BCUT2D eigenvalue weighted by molar-refractivity contribution is 9.10. The second kappa shape index (κ2) is 7.97. The predicted molar refractivity (Wildman–Crippen MR) is 93.6 cm³/mol. The number of thioether (sulfide) groups is 1. The molecule has 7 heteroatoms. The number of halogens is 1. The van der Waals surface area contributed by atoms with Gasteiger partial charge in [-0.05, 0) is 37.1 Å². The molecule has 1 saturated carbocycles. The van der Waals surface area contributed by atoms with Gasteiger partial charge in [0.15, 0.2) is 0 Å². The van der Waals surface area contributed by atoms with E-state index < -0.39 is 0 Å². The van der Waals surface area contributed by atoms with Gasteiger partial charge in [0.05, 0.1) is 5.75 Å². The Morgan fingerprint density at radius 3 is 2.70 bits per heavy atom. The largest absolute Gasteiger partial charge is 0.416 e. The summed E-state index contributed by atoms with van der Waals surface area (Å²) in [5, 5.41) is 11.5. The van der Waals surface area contributed by atoms with Crippen LogP contribution in [0.2, 0.25) is 0 Å². The molecule has 0 saturated heterocycles. The Morgan fingerprint density at radius 2 is 1.96 bits per heavy atom. The van der Waals surface area contributed by atoms with E-state index in [4.69, 9.17) is 4.42 Å². The molecular formula is C16H18BrN3O2S. The van der Waals surface area contributed by atoms with Crippen LogP contribution in [-0.2, 0) is 4.79 Å². The fourth-order valence-electron chi connectivity index (χ4n) is 2.65. The molecule has 2 aromatic rings. The Morgan fingerprint density at radius 1 is 1.22 bits per heavy atom. The number of rotatable bonds is 5. The molecule has 1 fully saturated rings. The number of amides is 1. The van der Waals surface area contributed by atoms with Gasteiger partial charge in [-0.15, -0.1) is 10.2 Å². The monoisotopic (exact) mass is 395 g/mol. The van der Waals surface area contributed by atoms with Crippen molar-refractivity contribution >= 4 is 39.3 Å². The van der Waals surface area contributed by atoms with Crippen molar-refractivity contribution in [2.24, 2.45) is 0 Å². The molecule has 122 valence electrons. The van der Waals surface area contributed by atoms with Crippen LogP contribution in [0, 0.1) is 0 Å². The van der Waals surface area contributed by atoms with Gasteiger partial charge in [0, 0.05) is 16.1 Å². The highest BCUT2D eigenvalue weighted by Gasteiger charge is 2.21. The van der Waals surface area contributed by atoms with Gasteiger partial charge in [-0.2, -0.15) is 0 Å². The molecule has 23 heavy (non-hydrogen) atoms. The fraction of sp³-hybridized carbons (Fsp3) is 0.438. The number of benzene rings is 1. The summed E-state index contributed by atoms with van der Waals surface area (Å²) in [5.41, 5.74) is 0.771. The van der Waals surface area contributed by atoms with E-state index in [-0.39, 0.29) is 11.7 Å². The molecule has 1 heterocycles. The van der Waals surface area contributed by atoms with Gasteiger partial charge in [0.25, 0.3) is 5.22 Å². The molecule has 0 bridgehead atoms. The van der Waals surface area contributed by atoms with Crippen molar-refractivity contribution in [3.63, 3.8) is 0 Å². The number of carbonyl (C=O) groups is 1. The second-order valence-electron chi connectivity index (χ2n) is 5.58. The highest BCUT2D eigenvalue weighted by atomic mass is 79.9. The molecule has 3 rings (SSSR count). The Labute approximate surface area is 147 Å². The fourth-order valence-corrected chi connectivity index (χ4v) is 3.48. The summed E-state index contributed by atoms with van der Waals surface area (Å²) in [6.07, 6.45) is 5.99. The minimum atomic E-state index is -0.0882. The molecular weight excluding hydrogens is 378 g/mol. The quantitative estimate of drug-likeness (QED) is 0.748. The normalized spacial score (nSPS) is 15.5. The maximum atomic E-state index is 11.9. The van der Waals surface area contributed by atoms with E-state index in [0.717, 1.165) is 28.9 Å². The molecule has 0 spiro atoms. The summed E-state index contributed by atoms with van der Waals surface area (Å²) in [6.45, 7) is 0. The zero-order valence-corrected chi connectivity index (χ0v) is 15.0. The summed E-state index contributed by atoms with van der Waals surface area (Å²) < 4.78 is 6.67. The Bertz CT molecular complexity index is 654. The number of nitrogens with zero attached hydrogens (tertiary/aromatic N) is 2. The van der Waals surface area contributed by atoms with Crippen molar-refractivity contribution in [3.05, 3.63) is 34.6 Å². The third kappa shape index (κ3) is 4.81. The van der Waals surface area contributed by atoms with Gasteiger partial charge in [0.1, 0.15) is 0 Å². The summed E-state index contributed by atoms with van der Waals surface area (Å²) in [6, 6.07) is 7.47. The van der Waals surface area contributed by atoms with Crippen molar-refractivity contribution in [2.45, 2.75) is 43.2 Å². The molecule has 0 aliphatic heterocycles. The van der Waals surface area contributed by atoms with Gasteiger partial charge < -0.3 is 9.73 Å². The number of carbonyl (C=O) groups excluding carboxylic acids is 1. The smallest absolute Gasteiger partial charge is 0.277 e. The topological polar surface area (TPSA) is 68.0 Å². The zero-order chi connectivity index (χ0) is 16.1. The third-order valence-electron chi connectivity index (χ3n) is 3.83.